The molecule has 2 aromatic rings. The van der Waals surface area contributed by atoms with Crippen LogP contribution in [0, 0.1) is 6.92 Å². The highest BCUT2D eigenvalue weighted by Gasteiger charge is 2.16. The molecule has 0 fully saturated rings. The SMILES string of the molecule is CC(=O)C(Cc1ccc(C)c(N)c1)NCC(=O)c1ccc(N)cc1. The van der Waals surface area contributed by atoms with E-state index in [4.69, 9.17) is 11.5 Å². The Bertz CT molecular complexity index is 739. The molecule has 0 radical (unpaired) electrons. The van der Waals surface area contributed by atoms with Gasteiger partial charge in [0.1, 0.15) is 5.78 Å². The number of carbonyl (C=O) groups is 2. The molecule has 1 atom stereocenters. The van der Waals surface area contributed by atoms with Crippen LogP contribution in [0.1, 0.15) is 28.4 Å². The molecule has 0 amide bonds. The summed E-state index contributed by atoms with van der Waals surface area (Å²) in [6, 6.07) is 12.1. The lowest BCUT2D eigenvalue weighted by atomic mass is 10.0. The third kappa shape index (κ3) is 4.67. The predicted molar refractivity (Wildman–Crippen MR) is 97.0 cm³/mol. The van der Waals surface area contributed by atoms with E-state index in [1.165, 1.54) is 6.92 Å². The van der Waals surface area contributed by atoms with E-state index in [2.05, 4.69) is 5.32 Å². The second kappa shape index (κ2) is 7.75. The maximum atomic E-state index is 12.2. The number of anilines is 2. The number of ketones is 2. The second-order valence-corrected chi connectivity index (χ2v) is 5.98. The molecule has 0 aliphatic carbocycles. The maximum Gasteiger partial charge on any atom is 0.176 e. The highest BCUT2D eigenvalue weighted by molar-refractivity contribution is 5.98. The Morgan fingerprint density at radius 2 is 1.75 bits per heavy atom. The summed E-state index contributed by atoms with van der Waals surface area (Å²) in [5, 5.41) is 3.04. The molecule has 0 spiro atoms. The molecule has 0 aromatic heterocycles. The van der Waals surface area contributed by atoms with Gasteiger partial charge in [-0.25, -0.2) is 0 Å². The first-order valence-electron chi connectivity index (χ1n) is 7.84. The standard InChI is InChI=1S/C19H23N3O2/c1-12-3-4-14(9-17(12)21)10-18(13(2)23)22-11-19(24)15-5-7-16(20)8-6-15/h3-9,18,22H,10-11,20-21H2,1-2H3. The molecule has 0 aliphatic heterocycles. The van der Waals surface area contributed by atoms with Crippen LogP contribution in [-0.2, 0) is 11.2 Å². The number of hydrogen-bond acceptors (Lipinski definition) is 5. The number of hydrogen-bond donors (Lipinski definition) is 3. The Morgan fingerprint density at radius 1 is 1.08 bits per heavy atom. The van der Waals surface area contributed by atoms with Gasteiger partial charge in [-0.05, 0) is 61.7 Å². The normalized spacial score (nSPS) is 11.9. The number of Topliss-reactive ketones (excluding diaryl/α,β-unsaturated/α-hetero) is 2. The molecule has 5 N–H and O–H groups in total. The number of nitrogens with one attached hydrogen (secondary N) is 1. The minimum Gasteiger partial charge on any atom is -0.399 e. The molecule has 5 heteroatoms. The molecular weight excluding hydrogens is 302 g/mol. The Hall–Kier alpha value is -2.66. The summed E-state index contributed by atoms with van der Waals surface area (Å²) in [7, 11) is 0. The number of nitrogens with two attached hydrogens (primary N) is 2. The minimum atomic E-state index is -0.426. The number of aryl methyl sites for hydroxylation is 1. The van der Waals surface area contributed by atoms with Gasteiger partial charge in [0.05, 0.1) is 12.6 Å². The van der Waals surface area contributed by atoms with Crippen LogP contribution in [0.15, 0.2) is 42.5 Å². The third-order valence-electron chi connectivity index (χ3n) is 4.02. The van der Waals surface area contributed by atoms with Gasteiger partial charge >= 0.3 is 0 Å². The summed E-state index contributed by atoms with van der Waals surface area (Å²) in [4.78, 5) is 24.1. The zero-order valence-corrected chi connectivity index (χ0v) is 14.0. The van der Waals surface area contributed by atoms with Crippen molar-refractivity contribution in [1.82, 2.24) is 5.32 Å². The van der Waals surface area contributed by atoms with Crippen molar-refractivity contribution in [2.24, 2.45) is 0 Å². The van der Waals surface area contributed by atoms with Crippen molar-refractivity contribution in [2.75, 3.05) is 18.0 Å². The van der Waals surface area contributed by atoms with E-state index < -0.39 is 6.04 Å². The summed E-state index contributed by atoms with van der Waals surface area (Å²) in [6.07, 6.45) is 0.495. The fourth-order valence-electron chi connectivity index (χ4n) is 2.40. The Balaban J connectivity index is 2.00. The maximum absolute atomic E-state index is 12.2. The number of benzene rings is 2. The van der Waals surface area contributed by atoms with Crippen LogP contribution in [0.25, 0.3) is 0 Å². The number of nitrogen functional groups attached to an aromatic ring is 2. The van der Waals surface area contributed by atoms with Crippen molar-refractivity contribution < 1.29 is 9.59 Å². The second-order valence-electron chi connectivity index (χ2n) is 5.98. The van der Waals surface area contributed by atoms with Crippen molar-refractivity contribution in [3.63, 3.8) is 0 Å². The van der Waals surface area contributed by atoms with Gasteiger partial charge in [-0.1, -0.05) is 12.1 Å². The van der Waals surface area contributed by atoms with Gasteiger partial charge in [0.25, 0.3) is 0 Å². The van der Waals surface area contributed by atoms with Gasteiger partial charge in [-0.15, -0.1) is 0 Å². The molecule has 2 aromatic carbocycles. The molecule has 0 heterocycles. The van der Waals surface area contributed by atoms with E-state index in [1.54, 1.807) is 24.3 Å². The first-order chi connectivity index (χ1) is 11.4. The van der Waals surface area contributed by atoms with E-state index in [0.29, 0.717) is 23.4 Å². The highest BCUT2D eigenvalue weighted by Crippen LogP contribution is 2.14. The van der Waals surface area contributed by atoms with Crippen molar-refractivity contribution >= 4 is 22.9 Å². The zero-order valence-electron chi connectivity index (χ0n) is 14.0. The first-order valence-corrected chi connectivity index (χ1v) is 7.84. The van der Waals surface area contributed by atoms with E-state index in [-0.39, 0.29) is 18.1 Å². The van der Waals surface area contributed by atoms with E-state index in [9.17, 15) is 9.59 Å². The Labute approximate surface area is 142 Å². The molecule has 5 nitrogen and oxygen atoms in total. The average molecular weight is 325 g/mol. The molecule has 0 saturated heterocycles. The molecule has 2 rings (SSSR count). The topological polar surface area (TPSA) is 98.2 Å². The summed E-state index contributed by atoms with van der Waals surface area (Å²) in [5.41, 5.74) is 15.4. The Kier molecular flexibility index (Phi) is 5.71. The fourth-order valence-corrected chi connectivity index (χ4v) is 2.40. The van der Waals surface area contributed by atoms with Crippen LogP contribution < -0.4 is 16.8 Å². The quantitative estimate of drug-likeness (QED) is 0.535. The Morgan fingerprint density at radius 3 is 2.33 bits per heavy atom. The van der Waals surface area contributed by atoms with Crippen LogP contribution in [0.5, 0.6) is 0 Å². The lowest BCUT2D eigenvalue weighted by Crippen LogP contribution is -2.40. The van der Waals surface area contributed by atoms with E-state index >= 15 is 0 Å². The number of carbonyl (C=O) groups excluding carboxylic acids is 2. The van der Waals surface area contributed by atoms with Gasteiger partial charge in [-0.3, -0.25) is 14.9 Å². The molecule has 1 unspecified atom stereocenters. The highest BCUT2D eigenvalue weighted by atomic mass is 16.1. The number of rotatable bonds is 7. The first kappa shape index (κ1) is 17.7. The zero-order chi connectivity index (χ0) is 17.7. The van der Waals surface area contributed by atoms with Crippen LogP contribution in [0.3, 0.4) is 0 Å². The summed E-state index contributed by atoms with van der Waals surface area (Å²) < 4.78 is 0. The average Bonchev–Trinajstić information content (AvgIpc) is 2.54. The van der Waals surface area contributed by atoms with E-state index in [1.807, 2.05) is 25.1 Å². The van der Waals surface area contributed by atoms with Gasteiger partial charge in [0.15, 0.2) is 5.78 Å². The van der Waals surface area contributed by atoms with Gasteiger partial charge in [0, 0.05) is 16.9 Å². The summed E-state index contributed by atoms with van der Waals surface area (Å²) in [5.74, 6) is -0.0936. The van der Waals surface area contributed by atoms with Crippen LogP contribution in [0.4, 0.5) is 11.4 Å². The van der Waals surface area contributed by atoms with Gasteiger partial charge in [0.2, 0.25) is 0 Å². The van der Waals surface area contributed by atoms with Crippen LogP contribution in [-0.4, -0.2) is 24.2 Å². The molecule has 0 bridgehead atoms. The third-order valence-corrected chi connectivity index (χ3v) is 4.02. The van der Waals surface area contributed by atoms with Gasteiger partial charge < -0.3 is 11.5 Å². The van der Waals surface area contributed by atoms with Crippen LogP contribution in [0.2, 0.25) is 0 Å². The van der Waals surface area contributed by atoms with Crippen molar-refractivity contribution in [3.8, 4) is 0 Å². The summed E-state index contributed by atoms with van der Waals surface area (Å²) >= 11 is 0. The van der Waals surface area contributed by atoms with Crippen molar-refractivity contribution in [3.05, 3.63) is 59.2 Å². The molecule has 0 saturated carbocycles. The summed E-state index contributed by atoms with van der Waals surface area (Å²) in [6.45, 7) is 3.55. The predicted octanol–water partition coefficient (Wildman–Crippen LogP) is 2.13. The lowest BCUT2D eigenvalue weighted by Gasteiger charge is -2.16. The molecular formula is C19H23N3O2. The monoisotopic (exact) mass is 325 g/mol. The minimum absolute atomic E-state index is 0.0146. The van der Waals surface area contributed by atoms with Gasteiger partial charge in [-0.2, -0.15) is 0 Å². The fraction of sp³-hybridized carbons (Fsp3) is 0.263. The van der Waals surface area contributed by atoms with E-state index in [0.717, 1.165) is 11.1 Å². The smallest absolute Gasteiger partial charge is 0.176 e. The lowest BCUT2D eigenvalue weighted by molar-refractivity contribution is -0.118. The largest absolute Gasteiger partial charge is 0.399 e. The van der Waals surface area contributed by atoms with Crippen molar-refractivity contribution in [1.29, 1.82) is 0 Å². The molecule has 126 valence electrons. The molecule has 0 aliphatic rings. The van der Waals surface area contributed by atoms with Crippen molar-refractivity contribution in [2.45, 2.75) is 26.3 Å². The van der Waals surface area contributed by atoms with Crippen LogP contribution >= 0.6 is 0 Å². The molecule has 24 heavy (non-hydrogen) atoms.